The summed E-state index contributed by atoms with van der Waals surface area (Å²) in [6.45, 7) is 13.4. The van der Waals surface area contributed by atoms with Gasteiger partial charge in [-0.3, -0.25) is 0 Å². The van der Waals surface area contributed by atoms with Gasteiger partial charge in [0.25, 0.3) is 8.32 Å². The summed E-state index contributed by atoms with van der Waals surface area (Å²) in [5.41, 5.74) is 4.02. The fraction of sp³-hybridized carbons (Fsp3) is 0.423. The summed E-state index contributed by atoms with van der Waals surface area (Å²) in [7, 11) is -4.18. The van der Waals surface area contributed by atoms with Crippen LogP contribution in [0.5, 0.6) is 0 Å². The van der Waals surface area contributed by atoms with Crippen molar-refractivity contribution < 1.29 is 14.4 Å². The molecule has 32 heavy (non-hydrogen) atoms. The molecule has 0 saturated carbocycles. The second kappa shape index (κ2) is 9.76. The Hall–Kier alpha value is -2.18. The topological polar surface area (TPSA) is 51.0 Å². The molecule has 170 valence electrons. The van der Waals surface area contributed by atoms with Gasteiger partial charge in [0.1, 0.15) is 19.9 Å². The van der Waals surface area contributed by atoms with Crippen LogP contribution in [0.15, 0.2) is 65.8 Å². The zero-order chi connectivity index (χ0) is 23.4. The van der Waals surface area contributed by atoms with Crippen molar-refractivity contribution in [2.24, 2.45) is 5.16 Å². The molecule has 1 aliphatic heterocycles. The maximum Gasteiger partial charge on any atom is 0.261 e. The van der Waals surface area contributed by atoms with E-state index in [9.17, 15) is 5.11 Å². The molecule has 0 aromatic heterocycles. The number of rotatable bonds is 6. The van der Waals surface area contributed by atoms with Crippen LogP contribution in [0.3, 0.4) is 0 Å². The summed E-state index contributed by atoms with van der Waals surface area (Å²) in [6, 6.07) is 20.9. The van der Waals surface area contributed by atoms with Crippen molar-refractivity contribution in [3.8, 4) is 11.5 Å². The molecule has 6 heteroatoms. The molecule has 0 radical (unpaired) electrons. The van der Waals surface area contributed by atoms with E-state index in [0.717, 1.165) is 0 Å². The highest BCUT2D eigenvalue weighted by molar-refractivity contribution is 6.99. The van der Waals surface area contributed by atoms with E-state index in [4.69, 9.17) is 9.26 Å². The molecule has 1 aliphatic rings. The van der Waals surface area contributed by atoms with Gasteiger partial charge >= 0.3 is 0 Å². The predicted octanol–water partition coefficient (Wildman–Crippen LogP) is 3.95. The van der Waals surface area contributed by atoms with Crippen LogP contribution in [-0.2, 0) is 9.26 Å². The minimum atomic E-state index is -2.70. The first-order valence-electron chi connectivity index (χ1n) is 11.2. The van der Waals surface area contributed by atoms with Crippen molar-refractivity contribution in [1.82, 2.24) is 0 Å². The quantitative estimate of drug-likeness (QED) is 0.519. The number of benzene rings is 2. The highest BCUT2D eigenvalue weighted by Crippen LogP contribution is 2.37. The van der Waals surface area contributed by atoms with E-state index in [1.165, 1.54) is 10.4 Å². The van der Waals surface area contributed by atoms with Gasteiger partial charge in [0.05, 0.1) is 6.61 Å². The highest BCUT2D eigenvalue weighted by Gasteiger charge is 2.50. The van der Waals surface area contributed by atoms with Crippen molar-refractivity contribution in [1.29, 1.82) is 0 Å². The van der Waals surface area contributed by atoms with Gasteiger partial charge in [0.2, 0.25) is 0 Å². The number of oxime groups is 1. The van der Waals surface area contributed by atoms with E-state index in [1.807, 2.05) is 12.1 Å². The van der Waals surface area contributed by atoms with Crippen molar-refractivity contribution in [3.05, 3.63) is 60.7 Å². The van der Waals surface area contributed by atoms with E-state index in [0.29, 0.717) is 12.1 Å². The predicted molar refractivity (Wildman–Crippen MR) is 138 cm³/mol. The zero-order valence-corrected chi connectivity index (χ0v) is 22.1. The van der Waals surface area contributed by atoms with Crippen LogP contribution in [0.25, 0.3) is 0 Å². The number of aliphatic hydroxyl groups excluding tert-OH is 1. The third-order valence-electron chi connectivity index (χ3n) is 5.59. The van der Waals surface area contributed by atoms with E-state index in [1.54, 1.807) is 0 Å². The molecular formula is C26H35NO3Si2. The SMILES string of the molecule is CC(C)(C)[Si](OC[C@H](O)[C@@H]1CC(C#C[Si](C)(C)C)=NO1)(c1ccccc1)c1ccccc1. The van der Waals surface area contributed by atoms with Crippen molar-refractivity contribution in [3.63, 3.8) is 0 Å². The summed E-state index contributed by atoms with van der Waals surface area (Å²) in [5.74, 6) is 3.15. The van der Waals surface area contributed by atoms with Crippen molar-refractivity contribution >= 4 is 32.5 Å². The lowest BCUT2D eigenvalue weighted by molar-refractivity contribution is -0.0376. The van der Waals surface area contributed by atoms with E-state index >= 15 is 0 Å². The van der Waals surface area contributed by atoms with Crippen LogP contribution >= 0.6 is 0 Å². The van der Waals surface area contributed by atoms with Gasteiger partial charge in [-0.1, -0.05) is 112 Å². The molecule has 0 unspecified atom stereocenters. The maximum atomic E-state index is 11.0. The first-order valence-corrected chi connectivity index (χ1v) is 16.6. The maximum absolute atomic E-state index is 11.0. The van der Waals surface area contributed by atoms with Crippen LogP contribution < -0.4 is 10.4 Å². The van der Waals surface area contributed by atoms with Crippen LogP contribution in [0.1, 0.15) is 27.2 Å². The fourth-order valence-electron chi connectivity index (χ4n) is 4.02. The molecular weight excluding hydrogens is 430 g/mol. The minimum absolute atomic E-state index is 0.142. The molecule has 2 aromatic carbocycles. The molecule has 1 heterocycles. The summed E-state index contributed by atoms with van der Waals surface area (Å²) < 4.78 is 6.82. The number of hydrogen-bond acceptors (Lipinski definition) is 4. The van der Waals surface area contributed by atoms with E-state index in [2.05, 4.69) is 106 Å². The third-order valence-corrected chi connectivity index (χ3v) is 11.5. The first kappa shape index (κ1) is 24.5. The molecule has 4 nitrogen and oxygen atoms in total. The van der Waals surface area contributed by atoms with E-state index in [-0.39, 0.29) is 11.6 Å². The molecule has 1 N–H and O–H groups in total. The molecule has 0 amide bonds. The largest absolute Gasteiger partial charge is 0.405 e. The molecule has 0 bridgehead atoms. The van der Waals surface area contributed by atoms with Crippen LogP contribution in [0.2, 0.25) is 24.7 Å². The number of aliphatic hydroxyl groups is 1. The molecule has 2 aromatic rings. The zero-order valence-electron chi connectivity index (χ0n) is 20.1. The summed E-state index contributed by atoms with van der Waals surface area (Å²) >= 11 is 0. The lowest BCUT2D eigenvalue weighted by Crippen LogP contribution is -2.67. The Morgan fingerprint density at radius 2 is 1.56 bits per heavy atom. The lowest BCUT2D eigenvalue weighted by Gasteiger charge is -2.43. The molecule has 3 rings (SSSR count). The highest BCUT2D eigenvalue weighted by atomic mass is 28.4. The Balaban J connectivity index is 1.83. The number of hydrogen-bond donors (Lipinski definition) is 1. The summed E-state index contributed by atoms with van der Waals surface area (Å²) in [5, 5.41) is 17.3. The number of nitrogens with zero attached hydrogens (tertiary/aromatic N) is 1. The standard InChI is InChI=1S/C26H35NO3Si2/c1-26(2,3)32(22-13-9-7-10-14-22,23-15-11-8-12-16-23)29-20-24(28)25-19-21(27-30-25)17-18-31(4,5)6/h7-16,24-25,28H,19-20H2,1-6H3/t24-,25-/m0/s1. The monoisotopic (exact) mass is 465 g/mol. The third kappa shape index (κ3) is 5.59. The smallest absolute Gasteiger partial charge is 0.261 e. The average molecular weight is 466 g/mol. The Labute approximate surface area is 194 Å². The van der Waals surface area contributed by atoms with Gasteiger partial charge in [-0.25, -0.2) is 0 Å². The minimum Gasteiger partial charge on any atom is -0.405 e. The van der Waals surface area contributed by atoms with Gasteiger partial charge in [-0.15, -0.1) is 5.54 Å². The first-order chi connectivity index (χ1) is 15.0. The average Bonchev–Trinajstić information content (AvgIpc) is 3.22. The molecule has 0 fully saturated rings. The molecule has 0 aliphatic carbocycles. The normalized spacial score (nSPS) is 17.7. The van der Waals surface area contributed by atoms with Gasteiger partial charge in [0, 0.05) is 6.42 Å². The second-order valence-corrected chi connectivity index (χ2v) is 19.5. The van der Waals surface area contributed by atoms with E-state index < -0.39 is 28.6 Å². The Bertz CT molecular complexity index is 943. The Morgan fingerprint density at radius 1 is 1.03 bits per heavy atom. The summed E-state index contributed by atoms with van der Waals surface area (Å²) in [4.78, 5) is 5.54. The van der Waals surface area contributed by atoms with Gasteiger partial charge in [0.15, 0.2) is 6.10 Å². The van der Waals surface area contributed by atoms with Crippen LogP contribution in [0, 0.1) is 11.5 Å². The Kier molecular flexibility index (Phi) is 7.46. The fourth-order valence-corrected chi connectivity index (χ4v) is 9.11. The summed E-state index contributed by atoms with van der Waals surface area (Å²) in [6.07, 6.45) is -0.700. The van der Waals surface area contributed by atoms with Crippen molar-refractivity contribution in [2.75, 3.05) is 6.61 Å². The molecule has 0 spiro atoms. The second-order valence-electron chi connectivity index (χ2n) is 10.4. The molecule has 2 atom stereocenters. The van der Waals surface area contributed by atoms with Gasteiger partial charge < -0.3 is 14.4 Å². The van der Waals surface area contributed by atoms with Gasteiger partial charge in [-0.05, 0) is 15.4 Å². The van der Waals surface area contributed by atoms with Crippen LogP contribution in [-0.4, -0.2) is 46.0 Å². The molecule has 0 saturated heterocycles. The van der Waals surface area contributed by atoms with Crippen LogP contribution in [0.4, 0.5) is 0 Å². The van der Waals surface area contributed by atoms with Gasteiger partial charge in [-0.2, -0.15) is 0 Å². The Morgan fingerprint density at radius 3 is 2.03 bits per heavy atom. The van der Waals surface area contributed by atoms with Crippen molar-refractivity contribution in [2.45, 2.75) is 64.1 Å². The lowest BCUT2D eigenvalue weighted by atomic mass is 10.1.